The summed E-state index contributed by atoms with van der Waals surface area (Å²) in [5.74, 6) is -8.47. The molecule has 0 atom stereocenters. The number of benzene rings is 3. The highest BCUT2D eigenvalue weighted by Crippen LogP contribution is 2.28. The van der Waals surface area contributed by atoms with E-state index in [1.807, 2.05) is 19.1 Å². The van der Waals surface area contributed by atoms with Crippen molar-refractivity contribution in [2.45, 2.75) is 6.92 Å². The lowest BCUT2D eigenvalue weighted by atomic mass is 10.1. The molecular formula is C21H16F4N2O3. The van der Waals surface area contributed by atoms with Crippen molar-refractivity contribution in [1.82, 2.24) is 0 Å². The zero-order valence-electron chi connectivity index (χ0n) is 15.6. The first kappa shape index (κ1) is 21.0. The van der Waals surface area contributed by atoms with Crippen LogP contribution in [-0.4, -0.2) is 17.7 Å². The van der Waals surface area contributed by atoms with Gasteiger partial charge in [0, 0.05) is 11.8 Å². The molecule has 0 aliphatic rings. The minimum atomic E-state index is -2.09. The predicted octanol–water partition coefficient (Wildman–Crippen LogP) is 4.96. The number of aromatic hydroxyl groups is 1. The molecule has 0 radical (unpaired) electrons. The number of hydrogen-bond donors (Lipinski definition) is 3. The summed E-state index contributed by atoms with van der Waals surface area (Å²) in [6.45, 7) is 1.99. The van der Waals surface area contributed by atoms with E-state index in [0.29, 0.717) is 5.75 Å². The van der Waals surface area contributed by atoms with Crippen LogP contribution < -0.4 is 15.4 Å². The number of halogens is 4. The molecule has 0 heterocycles. The molecule has 30 heavy (non-hydrogen) atoms. The number of phenolic OH excluding ortho intramolecular Hbond substituents is 1. The Kier molecular flexibility index (Phi) is 6.10. The number of carbonyl (C=O) groups is 1. The minimum absolute atomic E-state index is 0.0204. The molecule has 3 N–H and O–H groups in total. The molecule has 3 aromatic rings. The highest BCUT2D eigenvalue weighted by Gasteiger charge is 2.23. The van der Waals surface area contributed by atoms with Crippen LogP contribution in [0.4, 0.5) is 28.9 Å². The van der Waals surface area contributed by atoms with Crippen LogP contribution in [0.15, 0.2) is 48.5 Å². The maximum atomic E-state index is 13.7. The van der Waals surface area contributed by atoms with Gasteiger partial charge >= 0.3 is 0 Å². The molecule has 0 unspecified atom stereocenters. The second-order valence-electron chi connectivity index (χ2n) is 6.31. The molecule has 0 spiro atoms. The van der Waals surface area contributed by atoms with Crippen molar-refractivity contribution in [1.29, 1.82) is 0 Å². The molecular weight excluding hydrogens is 404 g/mol. The lowest BCUT2D eigenvalue weighted by molar-refractivity contribution is 0.102. The van der Waals surface area contributed by atoms with Gasteiger partial charge in [-0.3, -0.25) is 4.79 Å². The maximum absolute atomic E-state index is 13.7. The summed E-state index contributed by atoms with van der Waals surface area (Å²) in [4.78, 5) is 12.1. The van der Waals surface area contributed by atoms with E-state index in [1.54, 1.807) is 12.1 Å². The highest BCUT2D eigenvalue weighted by atomic mass is 19.2. The summed E-state index contributed by atoms with van der Waals surface area (Å²) in [6.07, 6.45) is 0. The van der Waals surface area contributed by atoms with Gasteiger partial charge in [-0.15, -0.1) is 0 Å². The van der Waals surface area contributed by atoms with E-state index in [4.69, 9.17) is 4.74 Å². The first-order chi connectivity index (χ1) is 14.3. The van der Waals surface area contributed by atoms with Gasteiger partial charge in [-0.1, -0.05) is 17.7 Å². The van der Waals surface area contributed by atoms with Gasteiger partial charge in [0.25, 0.3) is 5.91 Å². The Balaban J connectivity index is 1.65. The van der Waals surface area contributed by atoms with Crippen molar-refractivity contribution < 1.29 is 32.2 Å². The largest absolute Gasteiger partial charge is 0.506 e. The summed E-state index contributed by atoms with van der Waals surface area (Å²) >= 11 is 0. The summed E-state index contributed by atoms with van der Waals surface area (Å²) in [5, 5.41) is 15.1. The lowest BCUT2D eigenvalue weighted by Crippen LogP contribution is -2.16. The molecule has 0 aliphatic heterocycles. The molecule has 156 valence electrons. The van der Waals surface area contributed by atoms with Crippen molar-refractivity contribution in [3.8, 4) is 11.5 Å². The summed E-state index contributed by atoms with van der Waals surface area (Å²) < 4.78 is 58.8. The normalized spacial score (nSPS) is 10.6. The first-order valence-corrected chi connectivity index (χ1v) is 8.67. The molecule has 3 rings (SSSR count). The fourth-order valence-electron chi connectivity index (χ4n) is 2.53. The monoisotopic (exact) mass is 420 g/mol. The maximum Gasteiger partial charge on any atom is 0.258 e. The predicted molar refractivity (Wildman–Crippen MR) is 103 cm³/mol. The van der Waals surface area contributed by atoms with Crippen LogP contribution in [0, 0.1) is 30.2 Å². The molecule has 1 amide bonds. The van der Waals surface area contributed by atoms with Crippen LogP contribution in [0.25, 0.3) is 0 Å². The Bertz CT molecular complexity index is 1090. The summed E-state index contributed by atoms with van der Waals surface area (Å²) in [6, 6.07) is 11.5. The van der Waals surface area contributed by atoms with Crippen molar-refractivity contribution in [2.24, 2.45) is 0 Å². The highest BCUT2D eigenvalue weighted by molar-refractivity contribution is 6.04. The molecule has 3 aromatic carbocycles. The van der Waals surface area contributed by atoms with Gasteiger partial charge in [0.2, 0.25) is 0 Å². The van der Waals surface area contributed by atoms with Crippen molar-refractivity contribution >= 4 is 17.3 Å². The van der Waals surface area contributed by atoms with Crippen LogP contribution in [0.5, 0.6) is 11.5 Å². The van der Waals surface area contributed by atoms with Gasteiger partial charge in [0.15, 0.2) is 30.0 Å². The Morgan fingerprint density at radius 2 is 1.67 bits per heavy atom. The van der Waals surface area contributed by atoms with E-state index < -0.39 is 34.7 Å². The molecule has 5 nitrogen and oxygen atoms in total. The van der Waals surface area contributed by atoms with Crippen LogP contribution in [0.1, 0.15) is 15.9 Å². The molecule has 0 saturated carbocycles. The van der Waals surface area contributed by atoms with Gasteiger partial charge < -0.3 is 20.5 Å². The zero-order valence-corrected chi connectivity index (χ0v) is 15.6. The number of ether oxygens (including phenoxy) is 1. The Morgan fingerprint density at radius 1 is 0.967 bits per heavy atom. The SMILES string of the molecule is Cc1ccc(OCNc2ccc(NC(=O)c3cc(F)c(F)c(F)c3F)cc2O)cc1. The number of carbonyl (C=O) groups excluding carboxylic acids is 1. The molecule has 0 aromatic heterocycles. The molecule has 0 saturated heterocycles. The number of hydrogen-bond acceptors (Lipinski definition) is 4. The van der Waals surface area contributed by atoms with Crippen LogP contribution >= 0.6 is 0 Å². The number of anilines is 2. The smallest absolute Gasteiger partial charge is 0.258 e. The quantitative estimate of drug-likeness (QED) is 0.173. The number of rotatable bonds is 6. The Labute approximate surface area is 168 Å². The van der Waals surface area contributed by atoms with E-state index in [0.717, 1.165) is 11.6 Å². The van der Waals surface area contributed by atoms with E-state index in [2.05, 4.69) is 10.6 Å². The van der Waals surface area contributed by atoms with Gasteiger partial charge in [-0.2, -0.15) is 0 Å². The van der Waals surface area contributed by atoms with Crippen molar-refractivity contribution in [2.75, 3.05) is 17.4 Å². The van der Waals surface area contributed by atoms with Crippen molar-refractivity contribution in [3.05, 3.63) is 82.9 Å². The number of phenols is 1. The number of aryl methyl sites for hydroxylation is 1. The van der Waals surface area contributed by atoms with E-state index in [-0.39, 0.29) is 29.9 Å². The van der Waals surface area contributed by atoms with Crippen LogP contribution in [0.3, 0.4) is 0 Å². The molecule has 0 bridgehead atoms. The van der Waals surface area contributed by atoms with Gasteiger partial charge in [-0.05, 0) is 37.3 Å². The molecule has 0 fully saturated rings. The minimum Gasteiger partial charge on any atom is -0.506 e. The summed E-state index contributed by atoms with van der Waals surface area (Å²) in [7, 11) is 0. The van der Waals surface area contributed by atoms with Crippen LogP contribution in [0.2, 0.25) is 0 Å². The van der Waals surface area contributed by atoms with Gasteiger partial charge in [0.1, 0.15) is 11.5 Å². The van der Waals surface area contributed by atoms with Gasteiger partial charge in [0.05, 0.1) is 11.3 Å². The fraction of sp³-hybridized carbons (Fsp3) is 0.0952. The Morgan fingerprint density at radius 3 is 2.33 bits per heavy atom. The topological polar surface area (TPSA) is 70.6 Å². The third-order valence-electron chi connectivity index (χ3n) is 4.13. The van der Waals surface area contributed by atoms with Crippen molar-refractivity contribution in [3.63, 3.8) is 0 Å². The van der Waals surface area contributed by atoms with E-state index in [1.165, 1.54) is 12.1 Å². The van der Waals surface area contributed by atoms with Crippen LogP contribution in [-0.2, 0) is 0 Å². The second kappa shape index (κ2) is 8.73. The lowest BCUT2D eigenvalue weighted by Gasteiger charge is -2.12. The zero-order chi connectivity index (χ0) is 21.8. The average Bonchev–Trinajstić information content (AvgIpc) is 2.72. The third-order valence-corrected chi connectivity index (χ3v) is 4.13. The summed E-state index contributed by atoms with van der Waals surface area (Å²) in [5.41, 5.74) is 0.369. The fourth-order valence-corrected chi connectivity index (χ4v) is 2.53. The second-order valence-corrected chi connectivity index (χ2v) is 6.31. The first-order valence-electron chi connectivity index (χ1n) is 8.67. The number of amides is 1. The standard InChI is InChI=1S/C21H16F4N2O3/c1-11-2-5-13(6-3-11)30-10-26-16-7-4-12(8-17(16)28)27-21(29)14-9-15(22)19(24)20(25)18(14)23/h2-9,26,28H,10H2,1H3,(H,27,29). The van der Waals surface area contributed by atoms with E-state index in [9.17, 15) is 27.5 Å². The number of nitrogens with one attached hydrogen (secondary N) is 2. The van der Waals surface area contributed by atoms with Gasteiger partial charge in [-0.25, -0.2) is 17.6 Å². The third kappa shape index (κ3) is 4.62. The average molecular weight is 420 g/mol. The molecule has 0 aliphatic carbocycles. The Hall–Kier alpha value is -3.75. The van der Waals surface area contributed by atoms with E-state index >= 15 is 0 Å². The molecule has 9 heteroatoms.